The molecule has 0 aliphatic heterocycles. The van der Waals surface area contributed by atoms with Crippen LogP contribution in [0.15, 0.2) is 0 Å². The first-order valence-electron chi connectivity index (χ1n) is 4.83. The maximum atomic E-state index is 5.30. The van der Waals surface area contributed by atoms with E-state index in [-0.39, 0.29) is 0 Å². The predicted molar refractivity (Wildman–Crippen MR) is 55.0 cm³/mol. The Morgan fingerprint density at radius 3 is 2.31 bits per heavy atom. The summed E-state index contributed by atoms with van der Waals surface area (Å²) >= 11 is 0. The van der Waals surface area contributed by atoms with Gasteiger partial charge in [-0.1, -0.05) is 20.8 Å². The minimum atomic E-state index is 0.354. The van der Waals surface area contributed by atoms with Crippen LogP contribution in [0.25, 0.3) is 0 Å². The molecule has 0 aliphatic rings. The Bertz CT molecular complexity index is 110. The number of nitrogens with one attached hydrogen (secondary N) is 1. The molecule has 0 saturated carbocycles. The van der Waals surface area contributed by atoms with Crippen LogP contribution in [0.1, 0.15) is 20.8 Å². The summed E-state index contributed by atoms with van der Waals surface area (Å²) in [6, 6.07) is 0. The van der Waals surface area contributed by atoms with Gasteiger partial charge < -0.3 is 14.8 Å². The van der Waals surface area contributed by atoms with Crippen LogP contribution in [0.2, 0.25) is 0 Å². The number of hydrogen-bond acceptors (Lipinski definition) is 3. The molecular formula is C10H23NO2. The second-order valence-corrected chi connectivity index (χ2v) is 4.34. The second-order valence-electron chi connectivity index (χ2n) is 4.34. The summed E-state index contributed by atoms with van der Waals surface area (Å²) in [5.74, 6) is 0. The molecule has 0 bridgehead atoms. The molecule has 0 aromatic heterocycles. The van der Waals surface area contributed by atoms with Gasteiger partial charge >= 0.3 is 0 Å². The number of rotatable bonds is 7. The molecule has 3 nitrogen and oxygen atoms in total. The molecular weight excluding hydrogens is 166 g/mol. The van der Waals surface area contributed by atoms with E-state index in [9.17, 15) is 0 Å². The zero-order chi connectivity index (χ0) is 10.2. The molecule has 80 valence electrons. The molecule has 0 spiro atoms. The first-order valence-corrected chi connectivity index (χ1v) is 4.83. The predicted octanol–water partition coefficient (Wildman–Crippen LogP) is 1.29. The van der Waals surface area contributed by atoms with Crippen molar-refractivity contribution in [2.75, 3.05) is 40.0 Å². The normalized spacial score (nSPS) is 12.0. The quantitative estimate of drug-likeness (QED) is 0.612. The van der Waals surface area contributed by atoms with E-state index in [4.69, 9.17) is 9.47 Å². The Morgan fingerprint density at radius 1 is 1.08 bits per heavy atom. The summed E-state index contributed by atoms with van der Waals surface area (Å²) in [6.45, 7) is 10.7. The second kappa shape index (κ2) is 7.30. The minimum Gasteiger partial charge on any atom is -0.382 e. The summed E-state index contributed by atoms with van der Waals surface area (Å²) in [7, 11) is 1.68. The molecule has 0 saturated heterocycles. The molecule has 0 heterocycles. The molecule has 0 rings (SSSR count). The molecule has 0 unspecified atom stereocenters. The Morgan fingerprint density at radius 2 is 1.77 bits per heavy atom. The lowest BCUT2D eigenvalue weighted by atomic mass is 9.97. The van der Waals surface area contributed by atoms with Gasteiger partial charge in [0, 0.05) is 20.2 Å². The van der Waals surface area contributed by atoms with Gasteiger partial charge in [-0.05, 0) is 5.41 Å². The molecule has 0 atom stereocenters. The summed E-state index contributed by atoms with van der Waals surface area (Å²) < 4.78 is 10.2. The third-order valence-electron chi connectivity index (χ3n) is 1.51. The third-order valence-corrected chi connectivity index (χ3v) is 1.51. The first-order chi connectivity index (χ1) is 6.06. The highest BCUT2D eigenvalue weighted by Crippen LogP contribution is 2.09. The van der Waals surface area contributed by atoms with Crippen molar-refractivity contribution in [3.63, 3.8) is 0 Å². The zero-order valence-corrected chi connectivity index (χ0v) is 9.35. The van der Waals surface area contributed by atoms with Gasteiger partial charge in [0.2, 0.25) is 0 Å². The van der Waals surface area contributed by atoms with Crippen LogP contribution in [0.4, 0.5) is 0 Å². The van der Waals surface area contributed by atoms with Gasteiger partial charge in [-0.15, -0.1) is 0 Å². The van der Waals surface area contributed by atoms with Crippen LogP contribution in [-0.2, 0) is 9.47 Å². The number of ether oxygens (including phenoxy) is 2. The SMILES string of the molecule is COCCOCCNCC(C)(C)C. The highest BCUT2D eigenvalue weighted by Gasteiger charge is 2.07. The highest BCUT2D eigenvalue weighted by molar-refractivity contribution is 4.64. The smallest absolute Gasteiger partial charge is 0.0700 e. The van der Waals surface area contributed by atoms with Gasteiger partial charge in [-0.2, -0.15) is 0 Å². The van der Waals surface area contributed by atoms with E-state index < -0.39 is 0 Å². The summed E-state index contributed by atoms with van der Waals surface area (Å²) in [5.41, 5.74) is 0.354. The average molecular weight is 189 g/mol. The molecule has 0 aromatic carbocycles. The summed E-state index contributed by atoms with van der Waals surface area (Å²) in [4.78, 5) is 0. The van der Waals surface area contributed by atoms with Gasteiger partial charge in [-0.3, -0.25) is 0 Å². The molecule has 0 radical (unpaired) electrons. The topological polar surface area (TPSA) is 30.5 Å². The Hall–Kier alpha value is -0.120. The maximum Gasteiger partial charge on any atom is 0.0700 e. The lowest BCUT2D eigenvalue weighted by Crippen LogP contribution is -2.29. The fourth-order valence-corrected chi connectivity index (χ4v) is 0.852. The lowest BCUT2D eigenvalue weighted by molar-refractivity contribution is 0.0713. The van der Waals surface area contributed by atoms with E-state index in [0.717, 1.165) is 19.7 Å². The lowest BCUT2D eigenvalue weighted by Gasteiger charge is -2.18. The molecule has 0 fully saturated rings. The van der Waals surface area contributed by atoms with Crippen molar-refractivity contribution in [2.45, 2.75) is 20.8 Å². The van der Waals surface area contributed by atoms with Gasteiger partial charge in [0.05, 0.1) is 19.8 Å². The molecule has 0 aromatic rings. The van der Waals surface area contributed by atoms with E-state index in [1.165, 1.54) is 0 Å². The van der Waals surface area contributed by atoms with Crippen molar-refractivity contribution < 1.29 is 9.47 Å². The van der Waals surface area contributed by atoms with Crippen LogP contribution >= 0.6 is 0 Å². The van der Waals surface area contributed by atoms with Crippen molar-refractivity contribution in [3.8, 4) is 0 Å². The zero-order valence-electron chi connectivity index (χ0n) is 9.35. The van der Waals surface area contributed by atoms with Crippen LogP contribution in [0, 0.1) is 5.41 Å². The van der Waals surface area contributed by atoms with Crippen LogP contribution in [0.5, 0.6) is 0 Å². The molecule has 0 aliphatic carbocycles. The van der Waals surface area contributed by atoms with Crippen molar-refractivity contribution in [2.24, 2.45) is 5.41 Å². The fraction of sp³-hybridized carbons (Fsp3) is 1.00. The monoisotopic (exact) mass is 189 g/mol. The highest BCUT2D eigenvalue weighted by atomic mass is 16.5. The van der Waals surface area contributed by atoms with E-state index >= 15 is 0 Å². The van der Waals surface area contributed by atoms with Gasteiger partial charge in [-0.25, -0.2) is 0 Å². The van der Waals surface area contributed by atoms with Gasteiger partial charge in [0.15, 0.2) is 0 Å². The van der Waals surface area contributed by atoms with Crippen LogP contribution < -0.4 is 5.32 Å². The van der Waals surface area contributed by atoms with Crippen molar-refractivity contribution in [3.05, 3.63) is 0 Å². The minimum absolute atomic E-state index is 0.354. The van der Waals surface area contributed by atoms with E-state index in [1.54, 1.807) is 7.11 Å². The number of methoxy groups -OCH3 is 1. The van der Waals surface area contributed by atoms with Crippen LogP contribution in [-0.4, -0.2) is 40.0 Å². The van der Waals surface area contributed by atoms with E-state index in [1.807, 2.05) is 0 Å². The average Bonchev–Trinajstić information content (AvgIpc) is 2.01. The summed E-state index contributed by atoms with van der Waals surface area (Å²) in [5, 5.41) is 3.34. The first kappa shape index (κ1) is 12.9. The Balaban J connectivity index is 3.00. The maximum absolute atomic E-state index is 5.30. The standard InChI is InChI=1S/C10H23NO2/c1-10(2,3)9-11-5-6-13-8-7-12-4/h11H,5-9H2,1-4H3. The Labute approximate surface area is 81.8 Å². The fourth-order valence-electron chi connectivity index (χ4n) is 0.852. The molecule has 3 heteroatoms. The van der Waals surface area contributed by atoms with Gasteiger partial charge in [0.25, 0.3) is 0 Å². The largest absolute Gasteiger partial charge is 0.382 e. The Kier molecular flexibility index (Phi) is 7.23. The van der Waals surface area contributed by atoms with Crippen molar-refractivity contribution >= 4 is 0 Å². The van der Waals surface area contributed by atoms with E-state index in [2.05, 4.69) is 26.1 Å². The molecule has 13 heavy (non-hydrogen) atoms. The van der Waals surface area contributed by atoms with Crippen molar-refractivity contribution in [1.29, 1.82) is 0 Å². The number of hydrogen-bond donors (Lipinski definition) is 1. The molecule has 1 N–H and O–H groups in total. The van der Waals surface area contributed by atoms with Gasteiger partial charge in [0.1, 0.15) is 0 Å². The summed E-state index contributed by atoms with van der Waals surface area (Å²) in [6.07, 6.45) is 0. The van der Waals surface area contributed by atoms with Crippen LogP contribution in [0.3, 0.4) is 0 Å². The van der Waals surface area contributed by atoms with Crippen molar-refractivity contribution in [1.82, 2.24) is 5.32 Å². The van der Waals surface area contributed by atoms with E-state index in [0.29, 0.717) is 18.6 Å². The third kappa shape index (κ3) is 11.9. The molecule has 0 amide bonds.